The third-order valence-corrected chi connectivity index (χ3v) is 5.36. The van der Waals surface area contributed by atoms with Crippen LogP contribution in [0.5, 0.6) is 11.5 Å². The zero-order chi connectivity index (χ0) is 24.7. The van der Waals surface area contributed by atoms with Crippen LogP contribution in [-0.4, -0.2) is 18.4 Å². The lowest BCUT2D eigenvalue weighted by molar-refractivity contribution is -0.128. The number of allylic oxidation sites excluding steroid dienone is 1. The van der Waals surface area contributed by atoms with Gasteiger partial charge in [-0.15, -0.1) is 0 Å². The summed E-state index contributed by atoms with van der Waals surface area (Å²) >= 11 is 0. The van der Waals surface area contributed by atoms with Gasteiger partial charge in [0.25, 0.3) is 0 Å². The highest BCUT2D eigenvalue weighted by atomic mass is 16.5. The van der Waals surface area contributed by atoms with Crippen molar-refractivity contribution in [2.24, 2.45) is 0 Å². The zero-order valence-corrected chi connectivity index (χ0v) is 20.2. The lowest BCUT2D eigenvalue weighted by Crippen LogP contribution is -2.04. The lowest BCUT2D eigenvalue weighted by Gasteiger charge is -2.06. The number of benzene rings is 2. The lowest BCUT2D eigenvalue weighted by atomic mass is 10.1. The van der Waals surface area contributed by atoms with Crippen LogP contribution in [0.2, 0.25) is 0 Å². The van der Waals surface area contributed by atoms with Gasteiger partial charge in [0.15, 0.2) is 5.78 Å². The smallest absolute Gasteiger partial charge is 0.336 e. The van der Waals surface area contributed by atoms with Crippen molar-refractivity contribution in [1.82, 2.24) is 0 Å². The fourth-order valence-electron chi connectivity index (χ4n) is 3.39. The quantitative estimate of drug-likeness (QED) is 0.0797. The van der Waals surface area contributed by atoms with Gasteiger partial charge in [0, 0.05) is 11.6 Å². The summed E-state index contributed by atoms with van der Waals surface area (Å²) < 4.78 is 16.3. The predicted octanol–water partition coefficient (Wildman–Crippen LogP) is 7.53. The first-order chi connectivity index (χ1) is 17.1. The monoisotopic (exact) mass is 472 g/mol. The fourth-order valence-corrected chi connectivity index (χ4v) is 3.39. The summed E-state index contributed by atoms with van der Waals surface area (Å²) in [6.45, 7) is 2.94. The summed E-state index contributed by atoms with van der Waals surface area (Å²) in [5.41, 5.74) is 1.36. The van der Waals surface area contributed by atoms with Crippen molar-refractivity contribution >= 4 is 23.9 Å². The average Bonchev–Trinajstić information content (AvgIpc) is 3.40. The van der Waals surface area contributed by atoms with Crippen molar-refractivity contribution in [3.05, 3.63) is 96.0 Å². The molecule has 0 unspecified atom stereocenters. The van der Waals surface area contributed by atoms with Crippen LogP contribution in [0.1, 0.15) is 67.1 Å². The standard InChI is InChI=1S/C30H32O5/c1-2-3-4-5-6-7-22-33-27-15-10-24(11-16-27)12-21-30(32)35-28-17-13-25(14-18-28)29(31)20-19-26-9-8-23-34-26/h8-21,23H,2-7,22H2,1H3/b20-19+,21-12+. The predicted molar refractivity (Wildman–Crippen MR) is 138 cm³/mol. The molecule has 0 saturated heterocycles. The number of carbonyl (C=O) groups is 2. The molecule has 0 aliphatic heterocycles. The number of ether oxygens (including phenoxy) is 2. The summed E-state index contributed by atoms with van der Waals surface area (Å²) in [6.07, 6.45) is 15.1. The van der Waals surface area contributed by atoms with E-state index in [0.29, 0.717) is 17.1 Å². The van der Waals surface area contributed by atoms with Gasteiger partial charge in [-0.3, -0.25) is 4.79 Å². The van der Waals surface area contributed by atoms with Gasteiger partial charge >= 0.3 is 5.97 Å². The Labute approximate surface area is 207 Å². The Morgan fingerprint density at radius 3 is 2.23 bits per heavy atom. The molecule has 0 N–H and O–H groups in total. The van der Waals surface area contributed by atoms with Crippen LogP contribution in [0.4, 0.5) is 0 Å². The number of esters is 1. The van der Waals surface area contributed by atoms with E-state index in [4.69, 9.17) is 13.9 Å². The Bertz CT molecular complexity index is 1090. The molecule has 1 aromatic heterocycles. The highest BCUT2D eigenvalue weighted by Crippen LogP contribution is 2.16. The van der Waals surface area contributed by atoms with Crippen LogP contribution in [-0.2, 0) is 4.79 Å². The van der Waals surface area contributed by atoms with Gasteiger partial charge in [0.1, 0.15) is 17.3 Å². The average molecular weight is 473 g/mol. The molecule has 0 fully saturated rings. The Hall–Kier alpha value is -3.86. The van der Waals surface area contributed by atoms with Crippen molar-refractivity contribution in [1.29, 1.82) is 0 Å². The second kappa shape index (κ2) is 14.4. The first kappa shape index (κ1) is 25.8. The van der Waals surface area contributed by atoms with E-state index in [2.05, 4.69) is 6.92 Å². The first-order valence-corrected chi connectivity index (χ1v) is 12.1. The maximum absolute atomic E-state index is 12.2. The number of furan rings is 1. The van der Waals surface area contributed by atoms with E-state index in [1.807, 2.05) is 24.3 Å². The van der Waals surface area contributed by atoms with Crippen molar-refractivity contribution in [2.45, 2.75) is 45.4 Å². The molecule has 0 amide bonds. The Kier molecular flexibility index (Phi) is 10.6. The van der Waals surface area contributed by atoms with Crippen LogP contribution in [0, 0.1) is 0 Å². The summed E-state index contributed by atoms with van der Waals surface area (Å²) in [5, 5.41) is 0. The first-order valence-electron chi connectivity index (χ1n) is 12.1. The summed E-state index contributed by atoms with van der Waals surface area (Å²) in [5.74, 6) is 1.13. The van der Waals surface area contributed by atoms with Gasteiger partial charge in [-0.05, 0) is 78.7 Å². The molecule has 0 atom stereocenters. The van der Waals surface area contributed by atoms with Crippen molar-refractivity contribution in [2.75, 3.05) is 6.61 Å². The minimum absolute atomic E-state index is 0.168. The molecular formula is C30H32O5. The zero-order valence-electron chi connectivity index (χ0n) is 20.2. The van der Waals surface area contributed by atoms with Crippen molar-refractivity contribution < 1.29 is 23.5 Å². The van der Waals surface area contributed by atoms with Gasteiger partial charge < -0.3 is 13.9 Å². The number of carbonyl (C=O) groups excluding carboxylic acids is 2. The van der Waals surface area contributed by atoms with Gasteiger partial charge in [-0.2, -0.15) is 0 Å². The number of rotatable bonds is 14. The van der Waals surface area contributed by atoms with Crippen LogP contribution in [0.3, 0.4) is 0 Å². The molecule has 0 spiro atoms. The van der Waals surface area contributed by atoms with Crippen LogP contribution >= 0.6 is 0 Å². The van der Waals surface area contributed by atoms with E-state index in [-0.39, 0.29) is 5.78 Å². The molecule has 2 aromatic carbocycles. The number of ketones is 1. The molecule has 0 bridgehead atoms. The number of hydrogen-bond donors (Lipinski definition) is 0. The largest absolute Gasteiger partial charge is 0.494 e. The van der Waals surface area contributed by atoms with Crippen molar-refractivity contribution in [3.8, 4) is 11.5 Å². The second-order valence-electron chi connectivity index (χ2n) is 8.18. The van der Waals surface area contributed by atoms with Gasteiger partial charge in [-0.25, -0.2) is 4.79 Å². The molecule has 1 heterocycles. The molecule has 182 valence electrons. The fraction of sp³-hybridized carbons (Fsp3) is 0.267. The van der Waals surface area contributed by atoms with E-state index in [1.54, 1.807) is 54.8 Å². The van der Waals surface area contributed by atoms with E-state index in [9.17, 15) is 9.59 Å². The van der Waals surface area contributed by atoms with Gasteiger partial charge in [-0.1, -0.05) is 51.2 Å². The highest BCUT2D eigenvalue weighted by molar-refractivity contribution is 6.06. The number of hydrogen-bond acceptors (Lipinski definition) is 5. The molecule has 3 rings (SSSR count). The van der Waals surface area contributed by atoms with Crippen LogP contribution in [0.15, 0.2) is 83.5 Å². The molecule has 0 saturated carbocycles. The van der Waals surface area contributed by atoms with E-state index in [0.717, 1.165) is 24.3 Å². The van der Waals surface area contributed by atoms with E-state index >= 15 is 0 Å². The van der Waals surface area contributed by atoms with Crippen molar-refractivity contribution in [3.63, 3.8) is 0 Å². The SMILES string of the molecule is CCCCCCCCOc1ccc(/C=C/C(=O)Oc2ccc(C(=O)/C=C/c3ccco3)cc2)cc1. The van der Waals surface area contributed by atoms with Gasteiger partial charge in [0.2, 0.25) is 0 Å². The second-order valence-corrected chi connectivity index (χ2v) is 8.18. The summed E-state index contributed by atoms with van der Waals surface area (Å²) in [4.78, 5) is 24.4. The van der Waals surface area contributed by atoms with Gasteiger partial charge in [0.05, 0.1) is 12.9 Å². The summed E-state index contributed by atoms with van der Waals surface area (Å²) in [6, 6.07) is 17.5. The minimum Gasteiger partial charge on any atom is -0.494 e. The van der Waals surface area contributed by atoms with E-state index < -0.39 is 5.97 Å². The minimum atomic E-state index is -0.495. The third-order valence-electron chi connectivity index (χ3n) is 5.36. The normalized spacial score (nSPS) is 11.2. The molecule has 5 nitrogen and oxygen atoms in total. The molecule has 5 heteroatoms. The maximum atomic E-state index is 12.2. The van der Waals surface area contributed by atoms with E-state index in [1.165, 1.54) is 44.3 Å². The third kappa shape index (κ3) is 9.49. The Morgan fingerprint density at radius 1 is 0.800 bits per heavy atom. The highest BCUT2D eigenvalue weighted by Gasteiger charge is 2.05. The molecule has 0 aliphatic rings. The maximum Gasteiger partial charge on any atom is 0.336 e. The van der Waals surface area contributed by atoms with Crippen LogP contribution < -0.4 is 9.47 Å². The van der Waals surface area contributed by atoms with Crippen LogP contribution in [0.25, 0.3) is 12.2 Å². The summed E-state index contributed by atoms with van der Waals surface area (Å²) in [7, 11) is 0. The molecule has 0 aliphatic carbocycles. The topological polar surface area (TPSA) is 65.7 Å². The number of unbranched alkanes of at least 4 members (excludes halogenated alkanes) is 5. The Morgan fingerprint density at radius 2 is 1.51 bits per heavy atom. The molecular weight excluding hydrogens is 440 g/mol. The molecule has 0 radical (unpaired) electrons. The molecule has 3 aromatic rings. The Balaban J connectivity index is 1.40. The molecule has 35 heavy (non-hydrogen) atoms.